The summed E-state index contributed by atoms with van der Waals surface area (Å²) in [6, 6.07) is 14.9. The van der Waals surface area contributed by atoms with Gasteiger partial charge in [-0.3, -0.25) is 10.1 Å². The number of ether oxygens (including phenoxy) is 1. The monoisotopic (exact) mass is 403 g/mol. The lowest BCUT2D eigenvalue weighted by atomic mass is 10.2. The summed E-state index contributed by atoms with van der Waals surface area (Å²) in [7, 11) is 0. The Labute approximate surface area is 151 Å². The molecule has 0 saturated carbocycles. The number of anilines is 1. The van der Waals surface area contributed by atoms with Crippen molar-refractivity contribution in [2.24, 2.45) is 0 Å². The molecule has 0 spiro atoms. The molecule has 0 aliphatic rings. The second-order valence-corrected chi connectivity index (χ2v) is 7.04. The zero-order valence-electron chi connectivity index (χ0n) is 12.8. The van der Waals surface area contributed by atoms with Crippen LogP contribution in [0.4, 0.5) is 5.13 Å². The fraction of sp³-hybridized carbons (Fsp3) is 0.118. The van der Waals surface area contributed by atoms with Crippen LogP contribution in [-0.2, 0) is 6.61 Å². The molecule has 0 bridgehead atoms. The van der Waals surface area contributed by atoms with Crippen molar-refractivity contribution in [2.45, 2.75) is 13.5 Å². The minimum Gasteiger partial charge on any atom is -0.486 e. The molecule has 1 amide bonds. The highest BCUT2D eigenvalue weighted by Gasteiger charge is 2.10. The number of aromatic nitrogens is 2. The molecule has 0 aliphatic carbocycles. The van der Waals surface area contributed by atoms with E-state index in [1.54, 1.807) is 12.1 Å². The predicted octanol–water partition coefficient (Wildman–Crippen LogP) is 4.44. The number of nitrogens with zero attached hydrogens (tertiary/aromatic N) is 2. The Morgan fingerprint density at radius 2 is 1.83 bits per heavy atom. The van der Waals surface area contributed by atoms with Crippen LogP contribution in [-0.4, -0.2) is 16.1 Å². The van der Waals surface area contributed by atoms with E-state index in [2.05, 4.69) is 31.4 Å². The van der Waals surface area contributed by atoms with Gasteiger partial charge < -0.3 is 4.74 Å². The minimum atomic E-state index is -0.218. The van der Waals surface area contributed by atoms with Crippen molar-refractivity contribution >= 4 is 38.3 Å². The van der Waals surface area contributed by atoms with Crippen LogP contribution in [0.2, 0.25) is 0 Å². The first-order valence-corrected chi connectivity index (χ1v) is 8.80. The van der Waals surface area contributed by atoms with Gasteiger partial charge in [-0.1, -0.05) is 45.0 Å². The molecule has 0 fully saturated rings. The maximum absolute atomic E-state index is 12.1. The Bertz CT molecular complexity index is 832. The molecule has 0 unspecified atom stereocenters. The largest absolute Gasteiger partial charge is 0.486 e. The first kappa shape index (κ1) is 16.6. The van der Waals surface area contributed by atoms with Gasteiger partial charge >= 0.3 is 0 Å². The van der Waals surface area contributed by atoms with Gasteiger partial charge in [0.1, 0.15) is 12.4 Å². The number of amides is 1. The molecule has 1 heterocycles. The van der Waals surface area contributed by atoms with Gasteiger partial charge in [-0.25, -0.2) is 0 Å². The number of aryl methyl sites for hydroxylation is 1. The van der Waals surface area contributed by atoms with E-state index in [1.807, 2.05) is 43.3 Å². The second-order valence-electron chi connectivity index (χ2n) is 5.06. The van der Waals surface area contributed by atoms with E-state index in [-0.39, 0.29) is 5.91 Å². The molecule has 7 heteroatoms. The van der Waals surface area contributed by atoms with Crippen molar-refractivity contribution in [3.63, 3.8) is 0 Å². The highest BCUT2D eigenvalue weighted by Crippen LogP contribution is 2.19. The number of carbonyl (C=O) groups excluding carboxylic acids is 1. The molecular weight excluding hydrogens is 390 g/mol. The summed E-state index contributed by atoms with van der Waals surface area (Å²) in [6.45, 7) is 2.34. The van der Waals surface area contributed by atoms with E-state index in [1.165, 1.54) is 16.9 Å². The molecule has 0 atom stereocenters. The number of rotatable bonds is 5. The normalized spacial score (nSPS) is 10.4. The highest BCUT2D eigenvalue weighted by atomic mass is 79.9. The third-order valence-electron chi connectivity index (χ3n) is 3.18. The molecule has 3 rings (SSSR count). The van der Waals surface area contributed by atoms with Gasteiger partial charge in [0.25, 0.3) is 5.91 Å². The van der Waals surface area contributed by atoms with Crippen LogP contribution in [0.15, 0.2) is 53.0 Å². The van der Waals surface area contributed by atoms with Crippen LogP contribution >= 0.6 is 27.3 Å². The molecule has 24 heavy (non-hydrogen) atoms. The van der Waals surface area contributed by atoms with Crippen LogP contribution in [0.25, 0.3) is 0 Å². The van der Waals surface area contributed by atoms with E-state index in [4.69, 9.17) is 4.74 Å². The van der Waals surface area contributed by atoms with Crippen LogP contribution in [0, 0.1) is 6.92 Å². The van der Waals surface area contributed by atoms with Crippen molar-refractivity contribution in [2.75, 3.05) is 5.32 Å². The van der Waals surface area contributed by atoms with Gasteiger partial charge in [-0.15, -0.1) is 10.2 Å². The molecule has 1 N–H and O–H groups in total. The summed E-state index contributed by atoms with van der Waals surface area (Å²) < 4.78 is 6.57. The maximum Gasteiger partial charge on any atom is 0.257 e. The summed E-state index contributed by atoms with van der Waals surface area (Å²) in [5, 5.41) is 11.9. The topological polar surface area (TPSA) is 64.1 Å². The third-order valence-corrected chi connectivity index (χ3v) is 4.52. The first-order chi connectivity index (χ1) is 11.6. The number of benzene rings is 2. The third kappa shape index (κ3) is 4.39. The molecule has 0 aliphatic heterocycles. The van der Waals surface area contributed by atoms with Gasteiger partial charge in [-0.05, 0) is 43.3 Å². The molecule has 2 aromatic carbocycles. The summed E-state index contributed by atoms with van der Waals surface area (Å²) >= 11 is 4.63. The lowest BCUT2D eigenvalue weighted by Crippen LogP contribution is -2.11. The van der Waals surface area contributed by atoms with Crippen LogP contribution in [0.3, 0.4) is 0 Å². The van der Waals surface area contributed by atoms with Crippen molar-refractivity contribution < 1.29 is 9.53 Å². The predicted molar refractivity (Wildman–Crippen MR) is 97.5 cm³/mol. The molecule has 3 aromatic rings. The standard InChI is InChI=1S/C17H14BrN3O2S/c1-11-2-8-14(9-3-11)23-10-15-20-21-17(24-15)19-16(22)12-4-6-13(18)7-5-12/h2-9H,10H2,1H3,(H,19,21,22). The van der Waals surface area contributed by atoms with Crippen molar-refractivity contribution in [3.8, 4) is 5.75 Å². The second kappa shape index (κ2) is 7.55. The zero-order chi connectivity index (χ0) is 16.9. The van der Waals surface area contributed by atoms with Crippen molar-refractivity contribution in [1.82, 2.24) is 10.2 Å². The summed E-state index contributed by atoms with van der Waals surface area (Å²) in [4.78, 5) is 12.1. The fourth-order valence-electron chi connectivity index (χ4n) is 1.91. The summed E-state index contributed by atoms with van der Waals surface area (Å²) in [6.07, 6.45) is 0. The Morgan fingerprint density at radius 3 is 2.54 bits per heavy atom. The number of nitrogens with one attached hydrogen (secondary N) is 1. The highest BCUT2D eigenvalue weighted by molar-refractivity contribution is 9.10. The van der Waals surface area contributed by atoms with Gasteiger partial charge in [-0.2, -0.15) is 0 Å². The Kier molecular flexibility index (Phi) is 5.22. The summed E-state index contributed by atoms with van der Waals surface area (Å²) in [5.74, 6) is 0.556. The van der Waals surface area contributed by atoms with Gasteiger partial charge in [0, 0.05) is 10.0 Å². The van der Waals surface area contributed by atoms with Crippen LogP contribution in [0.1, 0.15) is 20.9 Å². The van der Waals surface area contributed by atoms with E-state index < -0.39 is 0 Å². The Hall–Kier alpha value is -2.25. The number of halogens is 1. The van der Waals surface area contributed by atoms with Crippen molar-refractivity contribution in [3.05, 3.63) is 69.1 Å². The molecule has 122 valence electrons. The Balaban J connectivity index is 1.58. The first-order valence-electron chi connectivity index (χ1n) is 7.19. The summed E-state index contributed by atoms with van der Waals surface area (Å²) in [5.41, 5.74) is 1.74. The lowest BCUT2D eigenvalue weighted by Gasteiger charge is -2.03. The SMILES string of the molecule is Cc1ccc(OCc2nnc(NC(=O)c3ccc(Br)cc3)s2)cc1. The van der Waals surface area contributed by atoms with Crippen LogP contribution < -0.4 is 10.1 Å². The maximum atomic E-state index is 12.1. The molecule has 1 aromatic heterocycles. The quantitative estimate of drug-likeness (QED) is 0.683. The number of hydrogen-bond donors (Lipinski definition) is 1. The van der Waals surface area contributed by atoms with Crippen molar-refractivity contribution in [1.29, 1.82) is 0 Å². The smallest absolute Gasteiger partial charge is 0.257 e. The van der Waals surface area contributed by atoms with Gasteiger partial charge in [0.05, 0.1) is 0 Å². The zero-order valence-corrected chi connectivity index (χ0v) is 15.2. The van der Waals surface area contributed by atoms with E-state index >= 15 is 0 Å². The Morgan fingerprint density at radius 1 is 1.12 bits per heavy atom. The average Bonchev–Trinajstić information content (AvgIpc) is 3.02. The average molecular weight is 404 g/mol. The number of carbonyl (C=O) groups is 1. The molecule has 0 radical (unpaired) electrons. The lowest BCUT2D eigenvalue weighted by molar-refractivity contribution is 0.102. The van der Waals surface area contributed by atoms with Crippen LogP contribution in [0.5, 0.6) is 5.75 Å². The minimum absolute atomic E-state index is 0.218. The van der Waals surface area contributed by atoms with Gasteiger partial charge in [0.15, 0.2) is 5.01 Å². The molecule has 0 saturated heterocycles. The van der Waals surface area contributed by atoms with E-state index in [0.29, 0.717) is 22.3 Å². The number of hydrogen-bond acceptors (Lipinski definition) is 5. The fourth-order valence-corrected chi connectivity index (χ4v) is 2.82. The van der Waals surface area contributed by atoms with E-state index in [0.717, 1.165) is 10.2 Å². The molecule has 5 nitrogen and oxygen atoms in total. The van der Waals surface area contributed by atoms with Gasteiger partial charge in [0.2, 0.25) is 5.13 Å². The molecular formula is C17H14BrN3O2S. The van der Waals surface area contributed by atoms with E-state index in [9.17, 15) is 4.79 Å².